The van der Waals surface area contributed by atoms with Gasteiger partial charge in [-0.3, -0.25) is 4.79 Å². The lowest BCUT2D eigenvalue weighted by Gasteiger charge is -2.22. The molecule has 1 saturated carbocycles. The first kappa shape index (κ1) is 16.5. The van der Waals surface area contributed by atoms with Gasteiger partial charge in [-0.05, 0) is 38.0 Å². The van der Waals surface area contributed by atoms with Gasteiger partial charge in [0.15, 0.2) is 0 Å². The second-order valence-electron chi connectivity index (χ2n) is 6.35. The molecule has 112 valence electrons. The Morgan fingerprint density at radius 3 is 2.00 bits per heavy atom. The number of hydrogen-bond acceptors (Lipinski definition) is 3. The summed E-state index contributed by atoms with van der Waals surface area (Å²) in [5.74, 6) is 0.238. The maximum Gasteiger partial charge on any atom is 0.323 e. The van der Waals surface area contributed by atoms with Crippen molar-refractivity contribution in [2.24, 2.45) is 11.7 Å². The first-order valence-corrected chi connectivity index (χ1v) is 8.05. The lowest BCUT2D eigenvalue weighted by molar-refractivity contribution is -0.151. The lowest BCUT2D eigenvalue weighted by atomic mass is 9.99. The van der Waals surface area contributed by atoms with Crippen molar-refractivity contribution in [1.29, 1.82) is 0 Å². The third-order valence-corrected chi connectivity index (χ3v) is 3.86. The van der Waals surface area contributed by atoms with Crippen LogP contribution in [0.4, 0.5) is 0 Å². The number of rotatable bonds is 4. The maximum absolute atomic E-state index is 12.0. The molecular weight excluding hydrogens is 238 g/mol. The Balaban J connectivity index is 2.35. The summed E-state index contributed by atoms with van der Waals surface area (Å²) in [6.45, 7) is 4.16. The Hall–Kier alpha value is -0.570. The molecule has 1 aliphatic rings. The van der Waals surface area contributed by atoms with Gasteiger partial charge in [-0.1, -0.05) is 46.0 Å². The predicted octanol–water partition coefficient (Wildman–Crippen LogP) is 3.80. The Labute approximate surface area is 118 Å². The quantitative estimate of drug-likeness (QED) is 0.790. The fourth-order valence-electron chi connectivity index (χ4n) is 2.75. The van der Waals surface area contributed by atoms with Crippen LogP contribution in [0.25, 0.3) is 0 Å². The molecule has 0 spiro atoms. The van der Waals surface area contributed by atoms with Gasteiger partial charge in [0, 0.05) is 0 Å². The van der Waals surface area contributed by atoms with Crippen molar-refractivity contribution < 1.29 is 9.53 Å². The molecule has 2 N–H and O–H groups in total. The minimum absolute atomic E-state index is 0.101. The molecule has 0 aromatic heterocycles. The Kier molecular flexibility index (Phi) is 8.11. The van der Waals surface area contributed by atoms with E-state index in [1.54, 1.807) is 0 Å². The summed E-state index contributed by atoms with van der Waals surface area (Å²) in [6, 6.07) is -0.449. The number of ether oxygens (including phenoxy) is 1. The molecule has 19 heavy (non-hydrogen) atoms. The van der Waals surface area contributed by atoms with Gasteiger partial charge in [-0.2, -0.15) is 0 Å². The van der Waals surface area contributed by atoms with Gasteiger partial charge in [-0.25, -0.2) is 0 Å². The van der Waals surface area contributed by atoms with Crippen molar-refractivity contribution in [2.45, 2.75) is 90.2 Å². The summed E-state index contributed by atoms with van der Waals surface area (Å²) < 4.78 is 5.62. The molecule has 0 bridgehead atoms. The van der Waals surface area contributed by atoms with E-state index in [4.69, 9.17) is 10.5 Å². The molecule has 1 aliphatic carbocycles. The molecule has 3 heteroatoms. The van der Waals surface area contributed by atoms with Gasteiger partial charge in [0.1, 0.15) is 12.1 Å². The standard InChI is InChI=1S/C16H31NO2/c1-13(2)12-15(17)16(18)19-14-10-8-6-4-3-5-7-9-11-14/h13-15H,3-12,17H2,1-2H3. The van der Waals surface area contributed by atoms with Crippen LogP contribution in [0.15, 0.2) is 0 Å². The van der Waals surface area contributed by atoms with E-state index in [0.29, 0.717) is 12.3 Å². The van der Waals surface area contributed by atoms with Crippen molar-refractivity contribution >= 4 is 5.97 Å². The average Bonchev–Trinajstić information content (AvgIpc) is 2.36. The second kappa shape index (κ2) is 9.35. The lowest BCUT2D eigenvalue weighted by Crippen LogP contribution is -2.36. The van der Waals surface area contributed by atoms with Gasteiger partial charge in [0.2, 0.25) is 0 Å². The highest BCUT2D eigenvalue weighted by Crippen LogP contribution is 2.19. The van der Waals surface area contributed by atoms with Crippen molar-refractivity contribution in [3.8, 4) is 0 Å². The van der Waals surface area contributed by atoms with Crippen molar-refractivity contribution in [3.63, 3.8) is 0 Å². The van der Waals surface area contributed by atoms with Crippen molar-refractivity contribution in [2.75, 3.05) is 0 Å². The highest BCUT2D eigenvalue weighted by atomic mass is 16.5. The zero-order chi connectivity index (χ0) is 14.1. The van der Waals surface area contributed by atoms with Crippen LogP contribution in [0.2, 0.25) is 0 Å². The second-order valence-corrected chi connectivity index (χ2v) is 6.35. The molecule has 1 unspecified atom stereocenters. The number of hydrogen-bond donors (Lipinski definition) is 1. The van der Waals surface area contributed by atoms with Crippen LogP contribution in [0.5, 0.6) is 0 Å². The molecule has 0 saturated heterocycles. The van der Waals surface area contributed by atoms with E-state index in [9.17, 15) is 4.79 Å². The molecular formula is C16H31NO2. The van der Waals surface area contributed by atoms with E-state index in [-0.39, 0.29) is 12.1 Å². The smallest absolute Gasteiger partial charge is 0.323 e. The van der Waals surface area contributed by atoms with Crippen LogP contribution in [-0.2, 0) is 9.53 Å². The Morgan fingerprint density at radius 2 is 1.53 bits per heavy atom. The van der Waals surface area contributed by atoms with E-state index >= 15 is 0 Å². The SMILES string of the molecule is CC(C)CC(N)C(=O)OC1CCCCCCCCC1. The third kappa shape index (κ3) is 7.56. The minimum atomic E-state index is -0.449. The number of carbonyl (C=O) groups is 1. The van der Waals surface area contributed by atoms with Crippen LogP contribution in [-0.4, -0.2) is 18.1 Å². The molecule has 0 aromatic rings. The van der Waals surface area contributed by atoms with Crippen molar-refractivity contribution in [3.05, 3.63) is 0 Å². The molecule has 0 aromatic carbocycles. The predicted molar refractivity (Wildman–Crippen MR) is 78.9 cm³/mol. The highest BCUT2D eigenvalue weighted by molar-refractivity contribution is 5.75. The van der Waals surface area contributed by atoms with Crippen LogP contribution >= 0.6 is 0 Å². The normalized spacial score (nSPS) is 21.1. The largest absolute Gasteiger partial charge is 0.461 e. The molecule has 0 heterocycles. The van der Waals surface area contributed by atoms with Gasteiger partial charge in [0.05, 0.1) is 0 Å². The van der Waals surface area contributed by atoms with E-state index in [1.165, 1.54) is 44.9 Å². The van der Waals surface area contributed by atoms with E-state index in [2.05, 4.69) is 13.8 Å². The fourth-order valence-corrected chi connectivity index (χ4v) is 2.75. The zero-order valence-electron chi connectivity index (χ0n) is 12.7. The van der Waals surface area contributed by atoms with Crippen LogP contribution in [0, 0.1) is 5.92 Å². The zero-order valence-corrected chi connectivity index (χ0v) is 12.7. The summed E-state index contributed by atoms with van der Waals surface area (Å²) in [5.41, 5.74) is 5.89. The van der Waals surface area contributed by atoms with Gasteiger partial charge >= 0.3 is 5.97 Å². The number of carbonyl (C=O) groups excluding carboxylic acids is 1. The van der Waals surface area contributed by atoms with Crippen LogP contribution in [0.3, 0.4) is 0 Å². The Bertz CT molecular complexity index is 243. The molecule has 1 fully saturated rings. The number of nitrogens with two attached hydrogens (primary N) is 1. The van der Waals surface area contributed by atoms with E-state index < -0.39 is 6.04 Å². The molecule has 0 radical (unpaired) electrons. The van der Waals surface area contributed by atoms with Gasteiger partial charge in [0.25, 0.3) is 0 Å². The average molecular weight is 269 g/mol. The summed E-state index contributed by atoms with van der Waals surface area (Å²) in [4.78, 5) is 12.0. The maximum atomic E-state index is 12.0. The summed E-state index contributed by atoms with van der Waals surface area (Å²) in [5, 5.41) is 0. The summed E-state index contributed by atoms with van der Waals surface area (Å²) in [6.07, 6.45) is 11.8. The van der Waals surface area contributed by atoms with Crippen LogP contribution in [0.1, 0.15) is 78.1 Å². The fraction of sp³-hybridized carbons (Fsp3) is 0.938. The van der Waals surface area contributed by atoms with Gasteiger partial charge in [-0.15, -0.1) is 0 Å². The molecule has 1 rings (SSSR count). The van der Waals surface area contributed by atoms with E-state index in [1.807, 2.05) is 0 Å². The summed E-state index contributed by atoms with van der Waals surface area (Å²) >= 11 is 0. The van der Waals surface area contributed by atoms with Gasteiger partial charge < -0.3 is 10.5 Å². The Morgan fingerprint density at radius 1 is 1.05 bits per heavy atom. The van der Waals surface area contributed by atoms with Crippen LogP contribution < -0.4 is 5.73 Å². The minimum Gasteiger partial charge on any atom is -0.461 e. The molecule has 0 amide bonds. The highest BCUT2D eigenvalue weighted by Gasteiger charge is 2.21. The number of esters is 1. The summed E-state index contributed by atoms with van der Waals surface area (Å²) in [7, 11) is 0. The third-order valence-electron chi connectivity index (χ3n) is 3.86. The topological polar surface area (TPSA) is 52.3 Å². The molecule has 3 nitrogen and oxygen atoms in total. The monoisotopic (exact) mass is 269 g/mol. The first-order valence-electron chi connectivity index (χ1n) is 8.05. The van der Waals surface area contributed by atoms with E-state index in [0.717, 1.165) is 12.8 Å². The van der Waals surface area contributed by atoms with Crippen molar-refractivity contribution in [1.82, 2.24) is 0 Å². The molecule has 1 atom stereocenters. The molecule has 0 aliphatic heterocycles. The first-order chi connectivity index (χ1) is 9.09.